The lowest BCUT2D eigenvalue weighted by Gasteiger charge is -2.07. The van der Waals surface area contributed by atoms with Crippen molar-refractivity contribution in [1.29, 1.82) is 0 Å². The maximum Gasteiger partial charge on any atom is 0.231 e. The van der Waals surface area contributed by atoms with Gasteiger partial charge in [0.15, 0.2) is 11.5 Å². The smallest absolute Gasteiger partial charge is 0.231 e. The third kappa shape index (κ3) is 2.63. The minimum atomic E-state index is 0.322. The van der Waals surface area contributed by atoms with Crippen LogP contribution in [0, 0.1) is 6.92 Å². The quantitative estimate of drug-likeness (QED) is 0.685. The van der Waals surface area contributed by atoms with Gasteiger partial charge in [-0.2, -0.15) is 0 Å². The average molecular weight is 273 g/mol. The molecule has 1 heterocycles. The Morgan fingerprint density at radius 3 is 2.79 bits per heavy atom. The van der Waals surface area contributed by atoms with Crippen LogP contribution < -0.4 is 15.2 Å². The van der Waals surface area contributed by atoms with Gasteiger partial charge in [-0.05, 0) is 48.4 Å². The monoisotopic (exact) mass is 273 g/mol. The van der Waals surface area contributed by atoms with Gasteiger partial charge in [-0.25, -0.2) is 0 Å². The number of nitrogen functional groups attached to an aromatic ring is 1. The van der Waals surface area contributed by atoms with Gasteiger partial charge in [-0.15, -0.1) is 11.8 Å². The molecule has 1 aliphatic heterocycles. The Kier molecular flexibility index (Phi) is 3.25. The van der Waals surface area contributed by atoms with Crippen molar-refractivity contribution in [2.45, 2.75) is 17.6 Å². The van der Waals surface area contributed by atoms with E-state index in [0.717, 1.165) is 22.9 Å². The molecule has 1 aliphatic rings. The number of rotatable bonds is 3. The summed E-state index contributed by atoms with van der Waals surface area (Å²) in [4.78, 5) is 1.26. The molecule has 0 amide bonds. The van der Waals surface area contributed by atoms with E-state index in [1.54, 1.807) is 11.8 Å². The fraction of sp³-hybridized carbons (Fsp3) is 0.200. The summed E-state index contributed by atoms with van der Waals surface area (Å²) in [5, 5.41) is 0. The lowest BCUT2D eigenvalue weighted by Crippen LogP contribution is -1.92. The van der Waals surface area contributed by atoms with E-state index in [1.807, 2.05) is 24.3 Å². The summed E-state index contributed by atoms with van der Waals surface area (Å²) < 4.78 is 10.7. The van der Waals surface area contributed by atoms with Crippen LogP contribution in [-0.2, 0) is 5.75 Å². The summed E-state index contributed by atoms with van der Waals surface area (Å²) in [6.07, 6.45) is 0. The number of ether oxygens (including phenoxy) is 2. The summed E-state index contributed by atoms with van der Waals surface area (Å²) in [7, 11) is 0. The van der Waals surface area contributed by atoms with Crippen LogP contribution in [0.1, 0.15) is 11.1 Å². The Morgan fingerprint density at radius 1 is 1.11 bits per heavy atom. The van der Waals surface area contributed by atoms with Crippen molar-refractivity contribution in [2.24, 2.45) is 0 Å². The normalized spacial score (nSPS) is 12.7. The Morgan fingerprint density at radius 2 is 1.95 bits per heavy atom. The lowest BCUT2D eigenvalue weighted by atomic mass is 10.2. The molecule has 2 aromatic rings. The lowest BCUT2D eigenvalue weighted by molar-refractivity contribution is 0.174. The van der Waals surface area contributed by atoms with E-state index in [0.29, 0.717) is 6.79 Å². The first-order chi connectivity index (χ1) is 9.22. The van der Waals surface area contributed by atoms with Crippen molar-refractivity contribution in [2.75, 3.05) is 12.5 Å². The number of thioether (sulfide) groups is 1. The molecule has 0 radical (unpaired) electrons. The molecule has 0 aliphatic carbocycles. The summed E-state index contributed by atoms with van der Waals surface area (Å²) >= 11 is 1.80. The minimum absolute atomic E-state index is 0.322. The van der Waals surface area contributed by atoms with Crippen LogP contribution in [-0.4, -0.2) is 6.79 Å². The second-order valence-electron chi connectivity index (χ2n) is 4.50. The van der Waals surface area contributed by atoms with Crippen LogP contribution in [0.3, 0.4) is 0 Å². The van der Waals surface area contributed by atoms with Crippen LogP contribution in [0.5, 0.6) is 11.5 Å². The molecular formula is C15H15NO2S. The van der Waals surface area contributed by atoms with Crippen LogP contribution >= 0.6 is 11.8 Å². The zero-order valence-corrected chi connectivity index (χ0v) is 11.5. The third-order valence-electron chi connectivity index (χ3n) is 3.03. The molecule has 0 saturated carbocycles. The largest absolute Gasteiger partial charge is 0.454 e. The second-order valence-corrected chi connectivity index (χ2v) is 5.52. The Hall–Kier alpha value is -1.81. The zero-order chi connectivity index (χ0) is 13.2. The predicted octanol–water partition coefficient (Wildman–Crippen LogP) is 3.60. The van der Waals surface area contributed by atoms with Crippen LogP contribution in [0.2, 0.25) is 0 Å². The van der Waals surface area contributed by atoms with E-state index in [1.165, 1.54) is 16.0 Å². The van der Waals surface area contributed by atoms with Crippen molar-refractivity contribution in [3.05, 3.63) is 47.5 Å². The van der Waals surface area contributed by atoms with Gasteiger partial charge in [-0.1, -0.05) is 6.07 Å². The first-order valence-electron chi connectivity index (χ1n) is 6.10. The van der Waals surface area contributed by atoms with Crippen LogP contribution in [0.15, 0.2) is 41.3 Å². The van der Waals surface area contributed by atoms with E-state index in [2.05, 4.69) is 19.1 Å². The molecule has 0 fully saturated rings. The predicted molar refractivity (Wildman–Crippen MR) is 77.7 cm³/mol. The van der Waals surface area contributed by atoms with Gasteiger partial charge in [0.1, 0.15) is 0 Å². The van der Waals surface area contributed by atoms with Crippen molar-refractivity contribution in [3.63, 3.8) is 0 Å². The van der Waals surface area contributed by atoms with E-state index in [4.69, 9.17) is 15.2 Å². The van der Waals surface area contributed by atoms with Gasteiger partial charge in [-0.3, -0.25) is 0 Å². The highest BCUT2D eigenvalue weighted by molar-refractivity contribution is 7.98. The molecule has 0 bridgehead atoms. The summed E-state index contributed by atoms with van der Waals surface area (Å²) in [5.74, 6) is 2.58. The Balaban J connectivity index is 1.72. The molecule has 3 nitrogen and oxygen atoms in total. The van der Waals surface area contributed by atoms with Gasteiger partial charge in [0.2, 0.25) is 6.79 Å². The SMILES string of the molecule is Cc1cc(N)ccc1SCc1ccc2c(c1)OCO2. The number of hydrogen-bond acceptors (Lipinski definition) is 4. The van der Waals surface area contributed by atoms with E-state index < -0.39 is 0 Å². The summed E-state index contributed by atoms with van der Waals surface area (Å²) in [5.41, 5.74) is 9.01. The second kappa shape index (κ2) is 5.05. The number of benzene rings is 2. The number of nitrogens with two attached hydrogens (primary N) is 1. The maximum atomic E-state index is 5.76. The maximum absolute atomic E-state index is 5.76. The van der Waals surface area contributed by atoms with Gasteiger partial charge in [0.05, 0.1) is 0 Å². The molecule has 98 valence electrons. The van der Waals surface area contributed by atoms with Crippen LogP contribution in [0.4, 0.5) is 5.69 Å². The highest BCUT2D eigenvalue weighted by atomic mass is 32.2. The molecule has 0 aromatic heterocycles. The van der Waals surface area contributed by atoms with Crippen molar-refractivity contribution in [3.8, 4) is 11.5 Å². The molecule has 2 N–H and O–H groups in total. The highest BCUT2D eigenvalue weighted by Crippen LogP contribution is 2.35. The molecule has 0 spiro atoms. The molecule has 19 heavy (non-hydrogen) atoms. The van der Waals surface area contributed by atoms with Crippen LogP contribution in [0.25, 0.3) is 0 Å². The van der Waals surface area contributed by atoms with Gasteiger partial charge < -0.3 is 15.2 Å². The van der Waals surface area contributed by atoms with Crippen molar-refractivity contribution in [1.82, 2.24) is 0 Å². The fourth-order valence-electron chi connectivity index (χ4n) is 2.03. The Bertz CT molecular complexity index is 613. The van der Waals surface area contributed by atoms with Gasteiger partial charge >= 0.3 is 0 Å². The fourth-order valence-corrected chi connectivity index (χ4v) is 2.98. The van der Waals surface area contributed by atoms with Gasteiger partial charge in [0, 0.05) is 16.3 Å². The van der Waals surface area contributed by atoms with Crippen molar-refractivity contribution < 1.29 is 9.47 Å². The molecule has 0 unspecified atom stereocenters. The molecular weight excluding hydrogens is 258 g/mol. The zero-order valence-electron chi connectivity index (χ0n) is 10.7. The third-order valence-corrected chi connectivity index (χ3v) is 4.28. The highest BCUT2D eigenvalue weighted by Gasteiger charge is 2.13. The Labute approximate surface area is 116 Å². The van der Waals surface area contributed by atoms with E-state index in [-0.39, 0.29) is 0 Å². The number of hydrogen-bond donors (Lipinski definition) is 1. The molecule has 4 heteroatoms. The topological polar surface area (TPSA) is 44.5 Å². The first-order valence-corrected chi connectivity index (χ1v) is 7.08. The molecule has 0 saturated heterocycles. The molecule has 0 atom stereocenters. The number of aryl methyl sites for hydroxylation is 1. The molecule has 2 aromatic carbocycles. The average Bonchev–Trinajstić information content (AvgIpc) is 2.85. The van der Waals surface area contributed by atoms with Crippen molar-refractivity contribution >= 4 is 17.4 Å². The molecule has 3 rings (SSSR count). The first kappa shape index (κ1) is 12.2. The standard InChI is InChI=1S/C15H15NO2S/c1-10-6-12(16)3-5-15(10)19-8-11-2-4-13-14(7-11)18-9-17-13/h2-7H,8-9,16H2,1H3. The number of anilines is 1. The number of fused-ring (bicyclic) bond motifs is 1. The summed E-state index contributed by atoms with van der Waals surface area (Å²) in [6, 6.07) is 12.1. The van der Waals surface area contributed by atoms with E-state index >= 15 is 0 Å². The van der Waals surface area contributed by atoms with E-state index in [9.17, 15) is 0 Å². The minimum Gasteiger partial charge on any atom is -0.454 e. The summed E-state index contributed by atoms with van der Waals surface area (Å²) in [6.45, 7) is 2.40. The van der Waals surface area contributed by atoms with Gasteiger partial charge in [0.25, 0.3) is 0 Å².